The molecule has 0 aliphatic carbocycles. The predicted molar refractivity (Wildman–Crippen MR) is 168 cm³/mol. The number of amides is 1. The van der Waals surface area contributed by atoms with Gasteiger partial charge in [0.1, 0.15) is 17.7 Å². The van der Waals surface area contributed by atoms with Crippen molar-refractivity contribution < 1.29 is 38.3 Å². The van der Waals surface area contributed by atoms with Crippen LogP contribution in [0.5, 0.6) is 0 Å². The van der Waals surface area contributed by atoms with Gasteiger partial charge in [0.25, 0.3) is 17.1 Å². The maximum atomic E-state index is 14.1. The van der Waals surface area contributed by atoms with E-state index in [2.05, 4.69) is 4.99 Å². The molecule has 1 amide bonds. The number of nitrogens with zero attached hydrogens (tertiary/aromatic N) is 3. The van der Waals surface area contributed by atoms with Crippen molar-refractivity contribution in [3.8, 4) is 0 Å². The number of thioether (sulfide) groups is 1. The average molecular weight is 644 g/mol. The molecule has 236 valence electrons. The largest absolute Gasteiger partial charge is 0.464 e. The minimum Gasteiger partial charge on any atom is -0.464 e. The lowest BCUT2D eigenvalue weighted by molar-refractivity contribution is -0.384. The zero-order chi connectivity index (χ0) is 32.8. The molecule has 1 saturated heterocycles. The molecule has 0 saturated carbocycles. The van der Waals surface area contributed by atoms with Crippen LogP contribution in [0.25, 0.3) is 0 Å². The van der Waals surface area contributed by atoms with Crippen molar-refractivity contribution in [3.63, 3.8) is 0 Å². The molecule has 5 rings (SSSR count). The Morgan fingerprint density at radius 1 is 1.02 bits per heavy atom. The van der Waals surface area contributed by atoms with E-state index in [1.165, 1.54) is 37.4 Å². The Labute approximate surface area is 268 Å². The molecule has 0 radical (unpaired) electrons. The highest BCUT2D eigenvalue weighted by Gasteiger charge is 2.70. The Morgan fingerprint density at radius 3 is 2.17 bits per heavy atom. The lowest BCUT2D eigenvalue weighted by atomic mass is 9.86. The fourth-order valence-electron chi connectivity index (χ4n) is 5.10. The summed E-state index contributed by atoms with van der Waals surface area (Å²) >= 11 is 1.16. The lowest BCUT2D eigenvalue weighted by Crippen LogP contribution is -2.76. The predicted octanol–water partition coefficient (Wildman–Crippen LogP) is 4.38. The summed E-state index contributed by atoms with van der Waals surface area (Å²) in [5.74, 6) is -3.06. The fourth-order valence-corrected chi connectivity index (χ4v) is 6.52. The number of carbonyl (C=O) groups is 4. The van der Waals surface area contributed by atoms with Crippen molar-refractivity contribution in [3.05, 3.63) is 123 Å². The summed E-state index contributed by atoms with van der Waals surface area (Å²) in [4.78, 5) is 69.3. The Bertz CT molecular complexity index is 1670. The van der Waals surface area contributed by atoms with E-state index in [1.54, 1.807) is 6.92 Å². The fraction of sp³-hybridized carbons (Fsp3) is 0.242. The number of fused-ring (bicyclic) bond motifs is 1. The van der Waals surface area contributed by atoms with Gasteiger partial charge in [0, 0.05) is 36.6 Å². The highest BCUT2D eigenvalue weighted by atomic mass is 32.2. The molecule has 0 bridgehead atoms. The molecule has 0 aromatic heterocycles. The number of carbonyl (C=O) groups excluding carboxylic acids is 4. The molecule has 2 aliphatic rings. The van der Waals surface area contributed by atoms with Gasteiger partial charge in [0.2, 0.25) is 0 Å². The number of benzene rings is 3. The van der Waals surface area contributed by atoms with Crippen LogP contribution in [0.4, 0.5) is 5.69 Å². The number of nitro benzene ring substituents is 1. The minimum absolute atomic E-state index is 0.0312. The maximum absolute atomic E-state index is 14.1. The highest BCUT2D eigenvalue weighted by Crippen LogP contribution is 2.49. The summed E-state index contributed by atoms with van der Waals surface area (Å²) in [6.45, 7) is 2.51. The normalized spacial score (nSPS) is 19.0. The molecule has 0 spiro atoms. The number of esters is 3. The van der Waals surface area contributed by atoms with Crippen LogP contribution < -0.4 is 0 Å². The Hall–Kier alpha value is -5.30. The topological polar surface area (TPSA) is 155 Å². The van der Waals surface area contributed by atoms with E-state index in [4.69, 9.17) is 14.2 Å². The van der Waals surface area contributed by atoms with E-state index in [9.17, 15) is 29.3 Å². The molecule has 1 fully saturated rings. The molecule has 13 heteroatoms. The molecule has 2 heterocycles. The molecule has 2 atom stereocenters. The van der Waals surface area contributed by atoms with E-state index >= 15 is 0 Å². The first-order chi connectivity index (χ1) is 22.2. The van der Waals surface area contributed by atoms with Crippen molar-refractivity contribution in [1.82, 2.24) is 4.90 Å². The van der Waals surface area contributed by atoms with Crippen molar-refractivity contribution in [1.29, 1.82) is 0 Å². The summed E-state index contributed by atoms with van der Waals surface area (Å²) in [5.41, 5.74) is -0.212. The Balaban J connectivity index is 1.53. The van der Waals surface area contributed by atoms with Crippen molar-refractivity contribution in [2.75, 3.05) is 19.0 Å². The van der Waals surface area contributed by atoms with Gasteiger partial charge in [-0.3, -0.25) is 29.6 Å². The second-order valence-electron chi connectivity index (χ2n) is 10.3. The number of non-ortho nitro benzene ring substituents is 1. The average Bonchev–Trinajstić information content (AvgIpc) is 3.07. The molecule has 46 heavy (non-hydrogen) atoms. The standard InChI is InChI=1S/C33H29N3O9S/c1-3-43-32(40)33(34-18-22-14-16-26(17-15-22)36(41)42)30(39)35-27(25(19-44-21(2)37)20-46-31(33)35)29(38)45-28(23-10-6-4-7-11-23)24-12-8-5-9-13-24/h4-18,28,31H,3,19-20H2,1-2H3/t31-,33+/m1/s1. The van der Waals surface area contributed by atoms with Gasteiger partial charge in [-0.25, -0.2) is 9.59 Å². The monoisotopic (exact) mass is 643 g/mol. The summed E-state index contributed by atoms with van der Waals surface area (Å²) < 4.78 is 16.6. The van der Waals surface area contributed by atoms with Crippen molar-refractivity contribution in [2.24, 2.45) is 4.99 Å². The molecular formula is C33H29N3O9S. The van der Waals surface area contributed by atoms with Crippen LogP contribution in [0.1, 0.15) is 36.6 Å². The second-order valence-corrected chi connectivity index (χ2v) is 11.3. The summed E-state index contributed by atoms with van der Waals surface area (Å²) in [6, 6.07) is 23.6. The molecule has 12 nitrogen and oxygen atoms in total. The summed E-state index contributed by atoms with van der Waals surface area (Å²) in [7, 11) is 0. The quantitative estimate of drug-likeness (QED) is 0.0559. The first-order valence-corrected chi connectivity index (χ1v) is 15.3. The third-order valence-corrected chi connectivity index (χ3v) is 8.69. The number of aliphatic imine (C=N–C) groups is 1. The third-order valence-electron chi connectivity index (χ3n) is 7.31. The van der Waals surface area contributed by atoms with Crippen LogP contribution in [0.15, 0.2) is 101 Å². The van der Waals surface area contributed by atoms with Gasteiger partial charge in [-0.15, -0.1) is 11.8 Å². The first-order valence-electron chi connectivity index (χ1n) is 14.3. The van der Waals surface area contributed by atoms with Gasteiger partial charge in [0.05, 0.1) is 11.5 Å². The van der Waals surface area contributed by atoms with E-state index in [0.717, 1.165) is 16.7 Å². The minimum atomic E-state index is -2.04. The molecule has 2 aliphatic heterocycles. The third kappa shape index (κ3) is 6.26. The second kappa shape index (κ2) is 13.8. The first kappa shape index (κ1) is 32.1. The summed E-state index contributed by atoms with van der Waals surface area (Å²) in [6.07, 6.45) is 0.435. The highest BCUT2D eigenvalue weighted by molar-refractivity contribution is 8.00. The van der Waals surface area contributed by atoms with Gasteiger partial charge in [0.15, 0.2) is 6.10 Å². The van der Waals surface area contributed by atoms with Gasteiger partial charge in [-0.1, -0.05) is 60.7 Å². The zero-order valence-electron chi connectivity index (χ0n) is 24.9. The number of rotatable bonds is 11. The number of ether oxygens (including phenoxy) is 3. The van der Waals surface area contributed by atoms with Crippen LogP contribution >= 0.6 is 11.8 Å². The van der Waals surface area contributed by atoms with Gasteiger partial charge >= 0.3 is 17.9 Å². The number of hydrogen-bond acceptors (Lipinski definition) is 11. The molecule has 3 aromatic carbocycles. The molecular weight excluding hydrogens is 614 g/mol. The van der Waals surface area contributed by atoms with Crippen molar-refractivity contribution in [2.45, 2.75) is 30.9 Å². The van der Waals surface area contributed by atoms with Crippen LogP contribution in [-0.4, -0.2) is 69.7 Å². The molecule has 0 unspecified atom stereocenters. The van der Waals surface area contributed by atoms with Gasteiger partial charge < -0.3 is 14.2 Å². The summed E-state index contributed by atoms with van der Waals surface area (Å²) in [5, 5.41) is 10.1. The van der Waals surface area contributed by atoms with Gasteiger partial charge in [-0.05, 0) is 35.7 Å². The van der Waals surface area contributed by atoms with Gasteiger partial charge in [-0.2, -0.15) is 0 Å². The maximum Gasteiger partial charge on any atom is 0.356 e. The SMILES string of the molecule is CCOC(=O)[C@]1(N=Cc2ccc([N+](=O)[O-])cc2)C(=O)N2C(C(=O)OC(c3ccccc3)c3ccccc3)=C(COC(C)=O)CS[C@@H]21. The van der Waals surface area contributed by atoms with Crippen LogP contribution in [0.3, 0.4) is 0 Å². The lowest BCUT2D eigenvalue weighted by Gasteiger charge is -2.53. The number of hydrogen-bond donors (Lipinski definition) is 0. The van der Waals surface area contributed by atoms with Crippen LogP contribution in [0, 0.1) is 10.1 Å². The Morgan fingerprint density at radius 2 is 1.63 bits per heavy atom. The number of β-lactam (4-membered cyclic amide) rings is 1. The van der Waals surface area contributed by atoms with E-state index < -0.39 is 45.8 Å². The van der Waals surface area contributed by atoms with Crippen LogP contribution in [-0.2, 0) is 33.4 Å². The number of nitro groups is 1. The molecule has 0 N–H and O–H groups in total. The van der Waals surface area contributed by atoms with E-state index in [1.807, 2.05) is 60.7 Å². The van der Waals surface area contributed by atoms with E-state index in [0.29, 0.717) is 22.3 Å². The molecule has 3 aromatic rings. The van der Waals surface area contributed by atoms with E-state index in [-0.39, 0.29) is 30.4 Å². The van der Waals surface area contributed by atoms with Crippen molar-refractivity contribution >= 4 is 47.5 Å². The smallest absolute Gasteiger partial charge is 0.356 e. The Kier molecular flexibility index (Phi) is 9.61. The zero-order valence-corrected chi connectivity index (χ0v) is 25.7. The van der Waals surface area contributed by atoms with Crippen LogP contribution in [0.2, 0.25) is 0 Å².